The maximum atomic E-state index is 13.1. The molecular formula is C31H34N4O7S. The largest absolute Gasteiger partial charge is 0.496 e. The maximum Gasteiger partial charge on any atom is 0.408 e. The number of aryl methyl sites for hydroxylation is 1. The second-order valence-corrected chi connectivity index (χ2v) is 12.6. The second kappa shape index (κ2) is 11.3. The lowest BCUT2D eigenvalue weighted by Crippen LogP contribution is -2.46. The summed E-state index contributed by atoms with van der Waals surface area (Å²) in [6.45, 7) is 5.09. The summed E-state index contributed by atoms with van der Waals surface area (Å²) in [6, 6.07) is 17.3. The van der Waals surface area contributed by atoms with E-state index in [4.69, 9.17) is 15.2 Å². The van der Waals surface area contributed by atoms with Gasteiger partial charge in [-0.1, -0.05) is 48.5 Å². The molecule has 1 amide bonds. The van der Waals surface area contributed by atoms with Crippen LogP contribution in [0, 0.1) is 26.7 Å². The SMILES string of the molecule is COc1c(C)cc(S(=O)(=O)NC(N)=NC[C@@H]2C[C@]2(NC(=O)OCC2c3ccccc3-c3ccccc32)C(=O)O)c(C)c1C. The van der Waals surface area contributed by atoms with E-state index in [0.717, 1.165) is 22.3 Å². The molecular weight excluding hydrogens is 572 g/mol. The van der Waals surface area contributed by atoms with Gasteiger partial charge >= 0.3 is 12.1 Å². The Balaban J connectivity index is 1.22. The van der Waals surface area contributed by atoms with Crippen LogP contribution in [0.1, 0.15) is 40.2 Å². The third-order valence-electron chi connectivity index (χ3n) is 8.35. The second-order valence-electron chi connectivity index (χ2n) is 10.9. The number of benzene rings is 3. The highest BCUT2D eigenvalue weighted by molar-refractivity contribution is 7.90. The number of aliphatic carboxylic acids is 1. The molecule has 0 aromatic heterocycles. The fourth-order valence-electron chi connectivity index (χ4n) is 5.88. The number of fused-ring (bicyclic) bond motifs is 3. The van der Waals surface area contributed by atoms with Gasteiger partial charge in [0.05, 0.1) is 12.0 Å². The van der Waals surface area contributed by atoms with Gasteiger partial charge in [-0.05, 0) is 72.2 Å². The van der Waals surface area contributed by atoms with Crippen molar-refractivity contribution in [3.63, 3.8) is 0 Å². The van der Waals surface area contributed by atoms with Gasteiger partial charge in [0.2, 0.25) is 5.96 Å². The Kier molecular flexibility index (Phi) is 7.82. The van der Waals surface area contributed by atoms with Crippen molar-refractivity contribution >= 4 is 28.0 Å². The van der Waals surface area contributed by atoms with Gasteiger partial charge < -0.3 is 25.6 Å². The molecule has 226 valence electrons. The van der Waals surface area contributed by atoms with Crippen molar-refractivity contribution in [1.82, 2.24) is 10.0 Å². The number of nitrogens with one attached hydrogen (secondary N) is 2. The predicted molar refractivity (Wildman–Crippen MR) is 161 cm³/mol. The Morgan fingerprint density at radius 1 is 1.05 bits per heavy atom. The zero-order chi connectivity index (χ0) is 31.1. The molecule has 0 bridgehead atoms. The topological polar surface area (TPSA) is 169 Å². The number of hydrogen-bond acceptors (Lipinski definition) is 7. The zero-order valence-corrected chi connectivity index (χ0v) is 25.1. The third-order valence-corrected chi connectivity index (χ3v) is 9.83. The van der Waals surface area contributed by atoms with Crippen LogP contribution in [0.25, 0.3) is 11.1 Å². The summed E-state index contributed by atoms with van der Waals surface area (Å²) in [5.41, 5.74) is 10.4. The van der Waals surface area contributed by atoms with Crippen LogP contribution in [-0.4, -0.2) is 57.3 Å². The van der Waals surface area contributed by atoms with Crippen LogP contribution >= 0.6 is 0 Å². The molecule has 1 saturated carbocycles. The van der Waals surface area contributed by atoms with Gasteiger partial charge in [0.1, 0.15) is 17.9 Å². The molecule has 0 spiro atoms. The lowest BCUT2D eigenvalue weighted by Gasteiger charge is -2.18. The van der Waals surface area contributed by atoms with Gasteiger partial charge in [-0.3, -0.25) is 4.99 Å². The van der Waals surface area contributed by atoms with E-state index in [1.54, 1.807) is 20.8 Å². The first-order chi connectivity index (χ1) is 20.4. The van der Waals surface area contributed by atoms with E-state index in [-0.39, 0.29) is 30.4 Å². The molecule has 1 fully saturated rings. The molecule has 0 heterocycles. The number of ether oxygens (including phenoxy) is 2. The number of carbonyl (C=O) groups excluding carboxylic acids is 1. The standard InChI is InChI=1S/C31H34N4O7S/c1-17-13-26(18(2)19(3)27(17)41-4)43(39,40)35-29(32)33-15-20-14-31(20,28(36)37)34-30(38)42-16-25-23-11-7-5-9-21(23)22-10-6-8-12-24(22)25/h5-13,20,25H,14-16H2,1-4H3,(H,34,38)(H,36,37)(H3,32,33,35)/t20-,31+/m0/s1. The van der Waals surface area contributed by atoms with E-state index in [1.165, 1.54) is 13.2 Å². The molecule has 2 aliphatic carbocycles. The first-order valence-corrected chi connectivity index (χ1v) is 15.2. The summed E-state index contributed by atoms with van der Waals surface area (Å²) in [6.07, 6.45) is -0.767. The number of rotatable bonds is 9. The number of carboxylic acid groups (broad SMARTS) is 1. The number of hydrogen-bond donors (Lipinski definition) is 4. The van der Waals surface area contributed by atoms with Crippen molar-refractivity contribution in [1.29, 1.82) is 0 Å². The number of nitrogens with zero attached hydrogens (tertiary/aromatic N) is 1. The minimum absolute atomic E-state index is 0.0321. The van der Waals surface area contributed by atoms with Crippen molar-refractivity contribution in [3.05, 3.63) is 82.4 Å². The summed E-state index contributed by atoms with van der Waals surface area (Å²) in [7, 11) is -2.56. The van der Waals surface area contributed by atoms with Crippen LogP contribution in [0.15, 0.2) is 64.5 Å². The fourth-order valence-corrected chi connectivity index (χ4v) is 7.22. The van der Waals surface area contributed by atoms with Gasteiger partial charge in [-0.15, -0.1) is 0 Å². The smallest absolute Gasteiger partial charge is 0.408 e. The fraction of sp³-hybridized carbons (Fsp3) is 0.323. The normalized spacial score (nSPS) is 19.3. The number of carbonyl (C=O) groups is 2. The Hall–Kier alpha value is -4.58. The van der Waals surface area contributed by atoms with E-state index in [2.05, 4.69) is 15.0 Å². The third kappa shape index (κ3) is 5.50. The van der Waals surface area contributed by atoms with E-state index < -0.39 is 39.5 Å². The molecule has 0 aliphatic heterocycles. The van der Waals surface area contributed by atoms with Gasteiger partial charge in [0.15, 0.2) is 0 Å². The zero-order valence-electron chi connectivity index (χ0n) is 24.3. The molecule has 0 radical (unpaired) electrons. The van der Waals surface area contributed by atoms with E-state index >= 15 is 0 Å². The number of sulfonamides is 1. The Labute approximate surface area is 250 Å². The van der Waals surface area contributed by atoms with E-state index in [0.29, 0.717) is 22.4 Å². The average molecular weight is 607 g/mol. The van der Waals surface area contributed by atoms with Crippen molar-refractivity contribution in [2.45, 2.75) is 43.5 Å². The van der Waals surface area contributed by atoms with Crippen LogP contribution in [-0.2, 0) is 19.6 Å². The molecule has 11 nitrogen and oxygen atoms in total. The number of nitrogens with two attached hydrogens (primary N) is 1. The number of carboxylic acids is 1. The summed E-state index contributed by atoms with van der Waals surface area (Å²) in [5.74, 6) is -1.81. The molecule has 2 aliphatic rings. The van der Waals surface area contributed by atoms with Crippen LogP contribution in [0.2, 0.25) is 0 Å². The summed E-state index contributed by atoms with van der Waals surface area (Å²) in [5, 5.41) is 12.4. The monoisotopic (exact) mass is 606 g/mol. The van der Waals surface area contributed by atoms with Crippen molar-refractivity contribution in [2.75, 3.05) is 20.3 Å². The van der Waals surface area contributed by atoms with E-state index in [9.17, 15) is 23.1 Å². The first kappa shape index (κ1) is 29.9. The quantitative estimate of drug-likeness (QED) is 0.212. The number of alkyl carbamates (subject to hydrolysis) is 1. The maximum absolute atomic E-state index is 13.1. The van der Waals surface area contributed by atoms with E-state index in [1.807, 2.05) is 48.5 Å². The highest BCUT2D eigenvalue weighted by Gasteiger charge is 2.62. The number of aliphatic imine (C=N–C) groups is 1. The summed E-state index contributed by atoms with van der Waals surface area (Å²) < 4.78 is 39.3. The Bertz CT molecular complexity index is 1710. The van der Waals surface area contributed by atoms with Crippen LogP contribution in [0.4, 0.5) is 4.79 Å². The van der Waals surface area contributed by atoms with Gasteiger partial charge in [0, 0.05) is 18.4 Å². The highest BCUT2D eigenvalue weighted by Crippen LogP contribution is 2.46. The Morgan fingerprint density at radius 3 is 2.23 bits per heavy atom. The number of guanidine groups is 1. The van der Waals surface area contributed by atoms with Crippen LogP contribution in [0.3, 0.4) is 0 Å². The molecule has 3 aromatic carbocycles. The van der Waals surface area contributed by atoms with Crippen molar-refractivity contribution in [3.8, 4) is 16.9 Å². The molecule has 43 heavy (non-hydrogen) atoms. The highest BCUT2D eigenvalue weighted by atomic mass is 32.2. The minimum Gasteiger partial charge on any atom is -0.496 e. The summed E-state index contributed by atoms with van der Waals surface area (Å²) in [4.78, 5) is 29.0. The molecule has 5 N–H and O–H groups in total. The molecule has 0 unspecified atom stereocenters. The number of methoxy groups -OCH3 is 1. The van der Waals surface area contributed by atoms with Crippen LogP contribution in [0.5, 0.6) is 5.75 Å². The van der Waals surface area contributed by atoms with Gasteiger partial charge in [0.25, 0.3) is 10.0 Å². The average Bonchev–Trinajstić information content (AvgIpc) is 3.58. The molecule has 0 saturated heterocycles. The summed E-state index contributed by atoms with van der Waals surface area (Å²) >= 11 is 0. The van der Waals surface area contributed by atoms with Crippen LogP contribution < -0.4 is 20.5 Å². The molecule has 12 heteroatoms. The lowest BCUT2D eigenvalue weighted by molar-refractivity contribution is -0.141. The molecule has 5 rings (SSSR count). The van der Waals surface area contributed by atoms with Gasteiger partial charge in [-0.25, -0.2) is 22.7 Å². The molecule has 2 atom stereocenters. The Morgan fingerprint density at radius 2 is 1.65 bits per heavy atom. The van der Waals surface area contributed by atoms with Crippen molar-refractivity contribution in [2.24, 2.45) is 16.6 Å². The first-order valence-electron chi connectivity index (χ1n) is 13.7. The van der Waals surface area contributed by atoms with Crippen molar-refractivity contribution < 1.29 is 32.6 Å². The lowest BCUT2D eigenvalue weighted by atomic mass is 9.98. The predicted octanol–water partition coefficient (Wildman–Crippen LogP) is 3.60. The van der Waals surface area contributed by atoms with Gasteiger partial charge in [-0.2, -0.15) is 0 Å². The minimum atomic E-state index is -4.08. The molecule has 3 aromatic rings. The number of amides is 1.